The van der Waals surface area contributed by atoms with Crippen molar-refractivity contribution in [2.75, 3.05) is 13.5 Å². The zero-order valence-corrected chi connectivity index (χ0v) is 8.03. The second-order valence-electron chi connectivity index (χ2n) is 4.10. The molecule has 1 aliphatic rings. The van der Waals surface area contributed by atoms with Crippen LogP contribution in [0.2, 0.25) is 0 Å². The van der Waals surface area contributed by atoms with Crippen molar-refractivity contribution < 1.29 is 17.8 Å². The minimum absolute atomic E-state index is 0.247. The van der Waals surface area contributed by atoms with Crippen LogP contribution in [0.15, 0.2) is 0 Å². The van der Waals surface area contributed by atoms with Gasteiger partial charge in [-0.15, -0.1) is 0 Å². The Kier molecular flexibility index (Phi) is 3.65. The molecule has 0 radical (unpaired) electrons. The predicted molar refractivity (Wildman–Crippen MR) is 47.7 cm³/mol. The lowest BCUT2D eigenvalue weighted by Crippen LogP contribution is -3.15. The Balaban J connectivity index is 2.33. The number of hydrogen-bond donors (Lipinski definition) is 1. The van der Waals surface area contributed by atoms with Crippen LogP contribution >= 0.6 is 0 Å². The van der Waals surface area contributed by atoms with Gasteiger partial charge in [0.05, 0.1) is 19.5 Å². The maximum absolute atomic E-state index is 12.1. The van der Waals surface area contributed by atoms with Crippen LogP contribution in [0.5, 0.6) is 0 Å². The highest BCUT2D eigenvalue weighted by molar-refractivity contribution is 6.58. The van der Waals surface area contributed by atoms with E-state index < -0.39 is 13.4 Å². The monoisotopic (exact) mass is 195 g/mol. The van der Waals surface area contributed by atoms with E-state index in [0.29, 0.717) is 4.90 Å². The van der Waals surface area contributed by atoms with E-state index in [-0.39, 0.29) is 6.04 Å². The summed E-state index contributed by atoms with van der Waals surface area (Å²) in [5.41, 5.74) is 0. The molecule has 0 saturated heterocycles. The third-order valence-electron chi connectivity index (χ3n) is 2.86. The van der Waals surface area contributed by atoms with Crippen LogP contribution < -0.4 is 4.90 Å². The standard InChI is InChI=1S/C8H16BF3N/c1-13(7-9(10,11)12)8-5-3-2-4-6-8/h8H,2-7H2,1H3/q-1/p+1. The van der Waals surface area contributed by atoms with Gasteiger partial charge in [-0.25, -0.2) is 0 Å². The average molecular weight is 195 g/mol. The van der Waals surface area contributed by atoms with Crippen LogP contribution in [0, 0.1) is 0 Å². The van der Waals surface area contributed by atoms with Gasteiger partial charge in [0.1, 0.15) is 0 Å². The number of quaternary nitrogens is 1. The van der Waals surface area contributed by atoms with E-state index in [1.807, 2.05) is 0 Å². The van der Waals surface area contributed by atoms with Gasteiger partial charge in [0.2, 0.25) is 0 Å². The molecule has 1 saturated carbocycles. The topological polar surface area (TPSA) is 4.44 Å². The quantitative estimate of drug-likeness (QED) is 0.645. The molecule has 0 spiro atoms. The number of rotatable bonds is 3. The maximum atomic E-state index is 12.1. The zero-order valence-electron chi connectivity index (χ0n) is 8.03. The smallest absolute Gasteiger partial charge is 0.445 e. The fourth-order valence-corrected chi connectivity index (χ4v) is 2.13. The van der Waals surface area contributed by atoms with Crippen molar-refractivity contribution in [2.45, 2.75) is 38.1 Å². The fraction of sp³-hybridized carbons (Fsp3) is 1.00. The van der Waals surface area contributed by atoms with E-state index in [0.717, 1.165) is 25.7 Å². The molecule has 0 aromatic rings. The molecule has 1 atom stereocenters. The number of hydrogen-bond acceptors (Lipinski definition) is 0. The predicted octanol–water partition coefficient (Wildman–Crippen LogP) is 1.22. The first-order valence-corrected chi connectivity index (χ1v) is 5.02. The van der Waals surface area contributed by atoms with E-state index >= 15 is 0 Å². The van der Waals surface area contributed by atoms with Gasteiger partial charge >= 0.3 is 6.98 Å². The van der Waals surface area contributed by atoms with E-state index in [4.69, 9.17) is 0 Å². The fourth-order valence-electron chi connectivity index (χ4n) is 2.13. The molecule has 13 heavy (non-hydrogen) atoms. The SMILES string of the molecule is C[NH+](C[B-](F)(F)F)C1CCCCC1. The average Bonchev–Trinajstić information content (AvgIpc) is 2.03. The van der Waals surface area contributed by atoms with Crippen LogP contribution in [-0.2, 0) is 0 Å². The molecule has 1 N–H and O–H groups in total. The Bertz CT molecular complexity index is 154. The van der Waals surface area contributed by atoms with Gasteiger partial charge in [-0.2, -0.15) is 0 Å². The second-order valence-corrected chi connectivity index (χ2v) is 4.10. The largest absolute Gasteiger partial charge is 0.531 e. The Morgan fingerprint density at radius 1 is 1.15 bits per heavy atom. The molecule has 1 rings (SSSR count). The van der Waals surface area contributed by atoms with E-state index in [1.54, 1.807) is 7.05 Å². The van der Waals surface area contributed by atoms with Gasteiger partial charge in [0, 0.05) is 0 Å². The molecule has 1 nitrogen and oxygen atoms in total. The van der Waals surface area contributed by atoms with Crippen molar-refractivity contribution in [1.82, 2.24) is 0 Å². The van der Waals surface area contributed by atoms with Crippen molar-refractivity contribution in [3.63, 3.8) is 0 Å². The molecule has 0 heterocycles. The highest BCUT2D eigenvalue weighted by Crippen LogP contribution is 2.15. The van der Waals surface area contributed by atoms with Gasteiger partial charge in [0.15, 0.2) is 0 Å². The van der Waals surface area contributed by atoms with Gasteiger partial charge in [-0.3, -0.25) is 0 Å². The molecule has 0 aromatic carbocycles. The zero-order chi connectivity index (χ0) is 9.90. The van der Waals surface area contributed by atoms with Crippen LogP contribution in [0.4, 0.5) is 12.9 Å². The second kappa shape index (κ2) is 4.35. The summed E-state index contributed by atoms with van der Waals surface area (Å²) in [6.45, 7) is -4.61. The van der Waals surface area contributed by atoms with Gasteiger partial charge < -0.3 is 17.8 Å². The summed E-state index contributed by atoms with van der Waals surface area (Å²) in [4.78, 5) is 0.659. The highest BCUT2D eigenvalue weighted by atomic mass is 19.4. The first kappa shape index (κ1) is 10.9. The highest BCUT2D eigenvalue weighted by Gasteiger charge is 2.32. The third-order valence-corrected chi connectivity index (χ3v) is 2.86. The number of nitrogens with one attached hydrogen (secondary N) is 1. The molecule has 0 aromatic heterocycles. The van der Waals surface area contributed by atoms with Crippen LogP contribution in [0.25, 0.3) is 0 Å². The molecule has 1 fully saturated rings. The number of halogens is 3. The molecule has 78 valence electrons. The summed E-state index contributed by atoms with van der Waals surface area (Å²) < 4.78 is 36.3. The van der Waals surface area contributed by atoms with Crippen molar-refractivity contribution in [1.29, 1.82) is 0 Å². The van der Waals surface area contributed by atoms with Crippen molar-refractivity contribution in [2.24, 2.45) is 0 Å². The molecular weight excluding hydrogens is 178 g/mol. The molecule has 1 unspecified atom stereocenters. The Hall–Kier alpha value is -0.185. The van der Waals surface area contributed by atoms with Crippen molar-refractivity contribution in [3.05, 3.63) is 0 Å². The lowest BCUT2D eigenvalue weighted by Gasteiger charge is -2.31. The van der Waals surface area contributed by atoms with Crippen LogP contribution in [0.1, 0.15) is 32.1 Å². The first-order chi connectivity index (χ1) is 5.99. The normalized spacial score (nSPS) is 23.1. The minimum Gasteiger partial charge on any atom is -0.445 e. The minimum atomic E-state index is -4.61. The lowest BCUT2D eigenvalue weighted by atomic mass is 9.87. The molecule has 5 heteroatoms. The third kappa shape index (κ3) is 4.03. The van der Waals surface area contributed by atoms with Gasteiger partial charge in [0.25, 0.3) is 0 Å². The van der Waals surface area contributed by atoms with Crippen LogP contribution in [-0.4, -0.2) is 26.5 Å². The molecule has 0 amide bonds. The molecular formula is C8H17BF3N. The van der Waals surface area contributed by atoms with Crippen molar-refractivity contribution >= 4 is 6.98 Å². The molecule has 0 aliphatic heterocycles. The summed E-state index contributed by atoms with van der Waals surface area (Å²) in [5, 5.41) is 0. The summed E-state index contributed by atoms with van der Waals surface area (Å²) >= 11 is 0. The first-order valence-electron chi connectivity index (χ1n) is 5.02. The van der Waals surface area contributed by atoms with Gasteiger partial charge in [-0.05, 0) is 25.7 Å². The lowest BCUT2D eigenvalue weighted by molar-refractivity contribution is -0.899. The summed E-state index contributed by atoms with van der Waals surface area (Å²) in [7, 11) is 1.67. The maximum Gasteiger partial charge on any atom is 0.531 e. The Morgan fingerprint density at radius 2 is 1.69 bits per heavy atom. The summed E-state index contributed by atoms with van der Waals surface area (Å²) in [5.74, 6) is 0. The van der Waals surface area contributed by atoms with E-state index in [1.165, 1.54) is 6.42 Å². The van der Waals surface area contributed by atoms with Crippen molar-refractivity contribution in [3.8, 4) is 0 Å². The molecule has 1 aliphatic carbocycles. The van der Waals surface area contributed by atoms with E-state index in [2.05, 4.69) is 0 Å². The Labute approximate surface area is 77.4 Å². The summed E-state index contributed by atoms with van der Waals surface area (Å²) in [6.07, 6.45) is 4.72. The summed E-state index contributed by atoms with van der Waals surface area (Å²) in [6, 6.07) is 0.247. The van der Waals surface area contributed by atoms with Crippen LogP contribution in [0.3, 0.4) is 0 Å². The van der Waals surface area contributed by atoms with E-state index in [9.17, 15) is 12.9 Å². The van der Waals surface area contributed by atoms with Gasteiger partial charge in [-0.1, -0.05) is 6.42 Å². The molecule has 0 bridgehead atoms. The Morgan fingerprint density at radius 3 is 2.15 bits per heavy atom.